The largest absolute Gasteiger partial charge is 0.460 e. The van der Waals surface area contributed by atoms with Crippen LogP contribution >= 0.6 is 23.2 Å². The van der Waals surface area contributed by atoms with Crippen LogP contribution in [0.4, 0.5) is 0 Å². The van der Waals surface area contributed by atoms with E-state index in [0.717, 1.165) is 11.3 Å². The van der Waals surface area contributed by atoms with Crippen molar-refractivity contribution in [3.05, 3.63) is 92.2 Å². The molecule has 0 amide bonds. The molecule has 2 aromatic carbocycles. The van der Waals surface area contributed by atoms with Gasteiger partial charge >= 0.3 is 5.97 Å². The van der Waals surface area contributed by atoms with Gasteiger partial charge in [-0.1, -0.05) is 59.6 Å². The van der Waals surface area contributed by atoms with Gasteiger partial charge in [-0.3, -0.25) is 4.79 Å². The Balaban J connectivity index is 1.83. The zero-order chi connectivity index (χ0) is 23.0. The molecule has 0 aromatic heterocycles. The van der Waals surface area contributed by atoms with Crippen LogP contribution in [0, 0.1) is 0 Å². The number of ether oxygens (including phenoxy) is 1. The molecule has 2 aliphatic rings. The van der Waals surface area contributed by atoms with Crippen LogP contribution in [0.2, 0.25) is 10.0 Å². The lowest BCUT2D eigenvalue weighted by molar-refractivity contribution is -0.143. The molecule has 0 unspecified atom stereocenters. The van der Waals surface area contributed by atoms with Crippen molar-refractivity contribution in [2.45, 2.75) is 51.6 Å². The standard InChI is InChI=1S/C26H25Cl2NO3/c1-14(2)32-26(31)23-15(3)29-21-11-17(16-7-5-4-6-8-16)12-22(30)25(21)24(23)19-10-9-18(27)13-20(19)28/h4-10,13-14,17,24,29H,11-12H2,1-3H3/t17-,24+/m0/s1. The summed E-state index contributed by atoms with van der Waals surface area (Å²) >= 11 is 12.7. The molecule has 1 aliphatic carbocycles. The highest BCUT2D eigenvalue weighted by Crippen LogP contribution is 2.47. The number of ketones is 1. The van der Waals surface area contributed by atoms with Crippen LogP contribution in [0.25, 0.3) is 0 Å². The summed E-state index contributed by atoms with van der Waals surface area (Å²) in [5.41, 5.74) is 4.31. The first kappa shape index (κ1) is 22.6. The highest BCUT2D eigenvalue weighted by molar-refractivity contribution is 6.35. The molecule has 4 rings (SSSR count). The molecule has 1 N–H and O–H groups in total. The van der Waals surface area contributed by atoms with E-state index in [4.69, 9.17) is 27.9 Å². The van der Waals surface area contributed by atoms with E-state index in [1.807, 2.05) is 37.3 Å². The van der Waals surface area contributed by atoms with Gasteiger partial charge in [0.2, 0.25) is 0 Å². The van der Waals surface area contributed by atoms with E-state index in [-0.39, 0.29) is 17.8 Å². The number of esters is 1. The molecule has 1 heterocycles. The van der Waals surface area contributed by atoms with Crippen LogP contribution in [0.1, 0.15) is 56.6 Å². The fraction of sp³-hybridized carbons (Fsp3) is 0.308. The fourth-order valence-electron chi connectivity index (χ4n) is 4.59. The molecule has 4 nitrogen and oxygen atoms in total. The Hall–Kier alpha value is -2.56. The first-order valence-corrected chi connectivity index (χ1v) is 11.5. The zero-order valence-corrected chi connectivity index (χ0v) is 19.8. The minimum absolute atomic E-state index is 0.00552. The Morgan fingerprint density at radius 3 is 2.47 bits per heavy atom. The average Bonchev–Trinajstić information content (AvgIpc) is 2.72. The van der Waals surface area contributed by atoms with Gasteiger partial charge < -0.3 is 10.1 Å². The number of nitrogens with one attached hydrogen (secondary N) is 1. The molecule has 32 heavy (non-hydrogen) atoms. The van der Waals surface area contributed by atoms with Gasteiger partial charge in [-0.2, -0.15) is 0 Å². The number of dihydropyridines is 1. The van der Waals surface area contributed by atoms with Gasteiger partial charge in [0.1, 0.15) is 0 Å². The van der Waals surface area contributed by atoms with Crippen LogP contribution in [-0.2, 0) is 14.3 Å². The van der Waals surface area contributed by atoms with Gasteiger partial charge in [0, 0.05) is 39.4 Å². The van der Waals surface area contributed by atoms with Crippen LogP contribution in [0.15, 0.2) is 71.1 Å². The third kappa shape index (κ3) is 4.35. The van der Waals surface area contributed by atoms with Crippen LogP contribution in [0.5, 0.6) is 0 Å². The van der Waals surface area contributed by atoms with E-state index in [2.05, 4.69) is 5.32 Å². The summed E-state index contributed by atoms with van der Waals surface area (Å²) in [5.74, 6) is -0.976. The highest BCUT2D eigenvalue weighted by atomic mass is 35.5. The number of carbonyl (C=O) groups is 2. The quantitative estimate of drug-likeness (QED) is 0.533. The van der Waals surface area contributed by atoms with E-state index >= 15 is 0 Å². The van der Waals surface area contributed by atoms with Gasteiger partial charge in [0.15, 0.2) is 5.78 Å². The number of rotatable bonds is 4. The second-order valence-electron chi connectivity index (χ2n) is 8.55. The molecule has 2 aromatic rings. The van der Waals surface area contributed by atoms with Crippen molar-refractivity contribution in [2.75, 3.05) is 0 Å². The van der Waals surface area contributed by atoms with Crippen molar-refractivity contribution in [2.24, 2.45) is 0 Å². The predicted molar refractivity (Wildman–Crippen MR) is 127 cm³/mol. The molecule has 6 heteroatoms. The Kier molecular flexibility index (Phi) is 6.45. The summed E-state index contributed by atoms with van der Waals surface area (Å²) in [5, 5.41) is 4.26. The molecule has 0 fully saturated rings. The Bertz CT molecular complexity index is 1140. The molecule has 2 atom stereocenters. The number of carbonyl (C=O) groups excluding carboxylic acids is 2. The lowest BCUT2D eigenvalue weighted by atomic mass is 9.71. The van der Waals surface area contributed by atoms with Crippen molar-refractivity contribution in [1.29, 1.82) is 0 Å². The number of benzene rings is 2. The van der Waals surface area contributed by atoms with Crippen LogP contribution in [-0.4, -0.2) is 17.9 Å². The summed E-state index contributed by atoms with van der Waals surface area (Å²) in [4.78, 5) is 26.7. The summed E-state index contributed by atoms with van der Waals surface area (Å²) < 4.78 is 5.54. The number of hydrogen-bond donors (Lipinski definition) is 1. The number of Topliss-reactive ketones (excluding diaryl/α,β-unsaturated/α-hetero) is 1. The summed E-state index contributed by atoms with van der Waals surface area (Å²) in [6.07, 6.45) is 0.762. The summed E-state index contributed by atoms with van der Waals surface area (Å²) in [7, 11) is 0. The van der Waals surface area contributed by atoms with Crippen molar-refractivity contribution in [3.8, 4) is 0 Å². The maximum atomic E-state index is 13.5. The first-order chi connectivity index (χ1) is 15.3. The molecule has 1 aliphatic heterocycles. The first-order valence-electron chi connectivity index (χ1n) is 10.7. The summed E-state index contributed by atoms with van der Waals surface area (Å²) in [6.45, 7) is 5.44. The predicted octanol–water partition coefficient (Wildman–Crippen LogP) is 6.31. The maximum Gasteiger partial charge on any atom is 0.337 e. The van der Waals surface area contributed by atoms with Gasteiger partial charge in [-0.15, -0.1) is 0 Å². The highest BCUT2D eigenvalue weighted by Gasteiger charge is 2.42. The molecular formula is C26H25Cl2NO3. The van der Waals surface area contributed by atoms with Crippen LogP contribution < -0.4 is 5.32 Å². The molecule has 0 radical (unpaired) electrons. The van der Waals surface area contributed by atoms with Crippen molar-refractivity contribution in [1.82, 2.24) is 5.32 Å². The lowest BCUT2D eigenvalue weighted by Crippen LogP contribution is -2.36. The van der Waals surface area contributed by atoms with E-state index in [1.54, 1.807) is 32.0 Å². The average molecular weight is 470 g/mol. The van der Waals surface area contributed by atoms with Gasteiger partial charge in [0.25, 0.3) is 0 Å². The SMILES string of the molecule is CC1=C(C(=O)OC(C)C)[C@@H](c2ccc(Cl)cc2Cl)C2=C(C[C@H](c3ccccc3)CC2=O)N1. The monoisotopic (exact) mass is 469 g/mol. The van der Waals surface area contributed by atoms with E-state index < -0.39 is 11.9 Å². The van der Waals surface area contributed by atoms with Crippen molar-refractivity contribution in [3.63, 3.8) is 0 Å². The lowest BCUT2D eigenvalue weighted by Gasteiger charge is -2.37. The van der Waals surface area contributed by atoms with E-state index in [9.17, 15) is 9.59 Å². The van der Waals surface area contributed by atoms with Crippen molar-refractivity contribution >= 4 is 35.0 Å². The van der Waals surface area contributed by atoms with Gasteiger partial charge in [-0.25, -0.2) is 4.79 Å². The molecule has 0 saturated heterocycles. The van der Waals surface area contributed by atoms with Crippen molar-refractivity contribution < 1.29 is 14.3 Å². The summed E-state index contributed by atoms with van der Waals surface area (Å²) in [6, 6.07) is 15.2. The number of hydrogen-bond acceptors (Lipinski definition) is 4. The van der Waals surface area contributed by atoms with Gasteiger partial charge in [0.05, 0.1) is 11.7 Å². The Morgan fingerprint density at radius 1 is 1.09 bits per heavy atom. The molecule has 0 spiro atoms. The Labute approximate surface area is 198 Å². The van der Waals surface area contributed by atoms with Crippen LogP contribution in [0.3, 0.4) is 0 Å². The Morgan fingerprint density at radius 2 is 1.81 bits per heavy atom. The second kappa shape index (κ2) is 9.13. The molecule has 166 valence electrons. The molecular weight excluding hydrogens is 445 g/mol. The number of allylic oxidation sites excluding steroid dienone is 3. The number of halogens is 2. The topological polar surface area (TPSA) is 55.4 Å². The molecule has 0 saturated carbocycles. The van der Waals surface area contributed by atoms with Gasteiger partial charge in [-0.05, 0) is 56.4 Å². The van der Waals surface area contributed by atoms with E-state index in [0.29, 0.717) is 45.3 Å². The zero-order valence-electron chi connectivity index (χ0n) is 18.2. The minimum atomic E-state index is -0.605. The third-order valence-corrected chi connectivity index (χ3v) is 6.50. The smallest absolute Gasteiger partial charge is 0.337 e. The van der Waals surface area contributed by atoms with E-state index in [1.165, 1.54) is 0 Å². The maximum absolute atomic E-state index is 13.5. The molecule has 0 bridgehead atoms. The minimum Gasteiger partial charge on any atom is -0.460 e. The second-order valence-corrected chi connectivity index (χ2v) is 9.39. The fourth-order valence-corrected chi connectivity index (χ4v) is 5.11. The third-order valence-electron chi connectivity index (χ3n) is 5.93. The normalized spacial score (nSPS) is 20.9.